The molecule has 1 aliphatic rings. The van der Waals surface area contributed by atoms with E-state index in [1.165, 1.54) is 0 Å². The van der Waals surface area contributed by atoms with Gasteiger partial charge in [-0.3, -0.25) is 4.79 Å². The monoisotopic (exact) mass is 308 g/mol. The van der Waals surface area contributed by atoms with Crippen molar-refractivity contribution in [3.63, 3.8) is 0 Å². The minimum absolute atomic E-state index is 0.224. The quantitative estimate of drug-likeness (QED) is 0.888. The molecular weight excluding hydrogens is 299 g/mol. The molecule has 2 aromatic carbocycles. The number of hydrogen-bond donors (Lipinski definition) is 2. The fourth-order valence-electron chi connectivity index (χ4n) is 2.01. The van der Waals surface area contributed by atoms with Crippen LogP contribution in [0, 0.1) is 0 Å². The fourth-order valence-corrected chi connectivity index (χ4v) is 2.33. The summed E-state index contributed by atoms with van der Waals surface area (Å²) in [5.41, 5.74) is 7.15. The summed E-state index contributed by atoms with van der Waals surface area (Å²) in [6.45, 7) is 0. The van der Waals surface area contributed by atoms with Gasteiger partial charge in [-0.05, 0) is 18.2 Å². The lowest BCUT2D eigenvalue weighted by molar-refractivity contribution is -0.116. The van der Waals surface area contributed by atoms with Crippen LogP contribution in [0.1, 0.15) is 11.6 Å². The third-order valence-corrected chi connectivity index (χ3v) is 3.57. The third kappa shape index (κ3) is 2.33. The predicted molar refractivity (Wildman–Crippen MR) is 78.5 cm³/mol. The maximum atomic E-state index is 11.5. The highest BCUT2D eigenvalue weighted by Crippen LogP contribution is 2.36. The summed E-state index contributed by atoms with van der Waals surface area (Å²) in [6, 6.07) is 9.53. The number of nitrogens with two attached hydrogens (primary N) is 1. The first-order valence-electron chi connectivity index (χ1n) is 5.88. The molecule has 102 valence electrons. The number of halogens is 2. The number of benzene rings is 2. The van der Waals surface area contributed by atoms with Crippen molar-refractivity contribution in [2.45, 2.75) is 6.04 Å². The van der Waals surface area contributed by atoms with Crippen LogP contribution in [0.4, 0.5) is 5.69 Å². The Morgan fingerprint density at radius 3 is 2.75 bits per heavy atom. The SMILES string of the molecule is NC1C(=O)Nc2cc(Oc3cc(Cl)ccc3Cl)ccc21. The van der Waals surface area contributed by atoms with Gasteiger partial charge >= 0.3 is 0 Å². The van der Waals surface area contributed by atoms with Crippen molar-refractivity contribution in [3.8, 4) is 11.5 Å². The fraction of sp³-hybridized carbons (Fsp3) is 0.0714. The van der Waals surface area contributed by atoms with E-state index in [1.54, 1.807) is 36.4 Å². The first-order valence-corrected chi connectivity index (χ1v) is 6.63. The minimum Gasteiger partial charge on any atom is -0.456 e. The molecule has 1 heterocycles. The Kier molecular flexibility index (Phi) is 3.30. The molecule has 0 aromatic heterocycles. The highest BCUT2D eigenvalue weighted by molar-refractivity contribution is 6.34. The lowest BCUT2D eigenvalue weighted by Gasteiger charge is -2.09. The molecule has 1 aliphatic heterocycles. The van der Waals surface area contributed by atoms with Crippen LogP contribution < -0.4 is 15.8 Å². The van der Waals surface area contributed by atoms with E-state index in [0.717, 1.165) is 5.56 Å². The highest BCUT2D eigenvalue weighted by atomic mass is 35.5. The van der Waals surface area contributed by atoms with E-state index in [0.29, 0.717) is 27.2 Å². The summed E-state index contributed by atoms with van der Waals surface area (Å²) in [7, 11) is 0. The molecule has 4 nitrogen and oxygen atoms in total. The predicted octanol–water partition coefficient (Wildman–Crippen LogP) is 3.74. The van der Waals surface area contributed by atoms with E-state index in [2.05, 4.69) is 5.32 Å². The van der Waals surface area contributed by atoms with Crippen LogP contribution in [0.5, 0.6) is 11.5 Å². The molecule has 3 rings (SSSR count). The van der Waals surface area contributed by atoms with Gasteiger partial charge in [-0.2, -0.15) is 0 Å². The number of fused-ring (bicyclic) bond motifs is 1. The van der Waals surface area contributed by atoms with Crippen molar-refractivity contribution < 1.29 is 9.53 Å². The molecule has 0 spiro atoms. The maximum Gasteiger partial charge on any atom is 0.245 e. The molecule has 6 heteroatoms. The Bertz CT molecular complexity index is 704. The number of rotatable bonds is 2. The summed E-state index contributed by atoms with van der Waals surface area (Å²) in [4.78, 5) is 11.5. The van der Waals surface area contributed by atoms with Gasteiger partial charge in [0, 0.05) is 28.4 Å². The lowest BCUT2D eigenvalue weighted by atomic mass is 10.1. The van der Waals surface area contributed by atoms with Gasteiger partial charge < -0.3 is 15.8 Å². The van der Waals surface area contributed by atoms with Gasteiger partial charge in [-0.15, -0.1) is 0 Å². The Hall–Kier alpha value is -1.75. The van der Waals surface area contributed by atoms with Crippen molar-refractivity contribution in [1.29, 1.82) is 0 Å². The van der Waals surface area contributed by atoms with Gasteiger partial charge in [0.2, 0.25) is 5.91 Å². The van der Waals surface area contributed by atoms with Crippen LogP contribution in [-0.2, 0) is 4.79 Å². The van der Waals surface area contributed by atoms with Gasteiger partial charge in [-0.1, -0.05) is 29.3 Å². The molecule has 1 unspecified atom stereocenters. The zero-order valence-electron chi connectivity index (χ0n) is 10.2. The van der Waals surface area contributed by atoms with Gasteiger partial charge in [0.05, 0.1) is 5.02 Å². The molecule has 0 saturated heterocycles. The molecule has 3 N–H and O–H groups in total. The van der Waals surface area contributed by atoms with E-state index in [1.807, 2.05) is 0 Å². The van der Waals surface area contributed by atoms with Gasteiger partial charge in [0.25, 0.3) is 0 Å². The average molecular weight is 309 g/mol. The molecular formula is C14H10Cl2N2O2. The largest absolute Gasteiger partial charge is 0.456 e. The molecule has 0 radical (unpaired) electrons. The summed E-state index contributed by atoms with van der Waals surface area (Å²) in [5.74, 6) is 0.771. The van der Waals surface area contributed by atoms with Crippen molar-refractivity contribution in [2.75, 3.05) is 5.32 Å². The number of carbonyl (C=O) groups is 1. The third-order valence-electron chi connectivity index (χ3n) is 3.02. The maximum absolute atomic E-state index is 11.5. The topological polar surface area (TPSA) is 64.4 Å². The van der Waals surface area contributed by atoms with E-state index >= 15 is 0 Å². The zero-order chi connectivity index (χ0) is 14.3. The Balaban J connectivity index is 1.92. The van der Waals surface area contributed by atoms with Crippen LogP contribution in [-0.4, -0.2) is 5.91 Å². The van der Waals surface area contributed by atoms with Crippen molar-refractivity contribution in [3.05, 3.63) is 52.0 Å². The lowest BCUT2D eigenvalue weighted by Crippen LogP contribution is -2.19. The van der Waals surface area contributed by atoms with Crippen LogP contribution in [0.3, 0.4) is 0 Å². The minimum atomic E-state index is -0.631. The van der Waals surface area contributed by atoms with Crippen molar-refractivity contribution in [1.82, 2.24) is 0 Å². The Morgan fingerprint density at radius 2 is 1.95 bits per heavy atom. The van der Waals surface area contributed by atoms with Crippen LogP contribution in [0.15, 0.2) is 36.4 Å². The Morgan fingerprint density at radius 1 is 1.15 bits per heavy atom. The molecule has 0 aliphatic carbocycles. The molecule has 0 bridgehead atoms. The number of nitrogens with one attached hydrogen (secondary N) is 1. The zero-order valence-corrected chi connectivity index (χ0v) is 11.7. The molecule has 2 aromatic rings. The highest BCUT2D eigenvalue weighted by Gasteiger charge is 2.27. The normalized spacial score (nSPS) is 16.8. The van der Waals surface area contributed by atoms with Crippen LogP contribution in [0.25, 0.3) is 0 Å². The van der Waals surface area contributed by atoms with Crippen molar-refractivity contribution >= 4 is 34.8 Å². The number of amides is 1. The number of hydrogen-bond acceptors (Lipinski definition) is 3. The second-order valence-electron chi connectivity index (χ2n) is 4.39. The summed E-state index contributed by atoms with van der Waals surface area (Å²) in [5, 5.41) is 3.68. The van der Waals surface area contributed by atoms with Crippen molar-refractivity contribution in [2.24, 2.45) is 5.73 Å². The average Bonchev–Trinajstić information content (AvgIpc) is 2.69. The van der Waals surface area contributed by atoms with Gasteiger partial charge in [-0.25, -0.2) is 0 Å². The molecule has 0 fully saturated rings. The molecule has 1 amide bonds. The molecule has 0 saturated carbocycles. The molecule has 20 heavy (non-hydrogen) atoms. The number of carbonyl (C=O) groups excluding carboxylic acids is 1. The van der Waals surface area contributed by atoms with E-state index < -0.39 is 6.04 Å². The first kappa shape index (κ1) is 13.2. The first-order chi connectivity index (χ1) is 9.54. The summed E-state index contributed by atoms with van der Waals surface area (Å²) >= 11 is 11.9. The Labute approximate surface area is 125 Å². The number of ether oxygens (including phenoxy) is 1. The smallest absolute Gasteiger partial charge is 0.245 e. The summed E-state index contributed by atoms with van der Waals surface area (Å²) in [6.07, 6.45) is 0. The van der Waals surface area contributed by atoms with Crippen LogP contribution in [0.2, 0.25) is 10.0 Å². The van der Waals surface area contributed by atoms with E-state index in [9.17, 15) is 4.79 Å². The molecule has 1 atom stereocenters. The second-order valence-corrected chi connectivity index (χ2v) is 5.24. The van der Waals surface area contributed by atoms with Gasteiger partial charge in [0.1, 0.15) is 17.5 Å². The number of anilines is 1. The summed E-state index contributed by atoms with van der Waals surface area (Å²) < 4.78 is 5.68. The van der Waals surface area contributed by atoms with E-state index in [-0.39, 0.29) is 5.91 Å². The van der Waals surface area contributed by atoms with E-state index in [4.69, 9.17) is 33.7 Å². The second kappa shape index (κ2) is 4.98. The van der Waals surface area contributed by atoms with Crippen LogP contribution >= 0.6 is 23.2 Å². The van der Waals surface area contributed by atoms with Gasteiger partial charge in [0.15, 0.2) is 0 Å². The standard InChI is InChI=1S/C14H10Cl2N2O2/c15-7-1-4-10(16)12(5-7)20-8-2-3-9-11(6-8)18-14(19)13(9)17/h1-6,13H,17H2,(H,18,19).